The molecule has 0 N–H and O–H groups in total. The molecule has 2 rings (SSSR count). The van der Waals surface area contributed by atoms with Crippen molar-refractivity contribution in [1.29, 1.82) is 0 Å². The Balaban J connectivity index is 2.23. The van der Waals surface area contributed by atoms with Gasteiger partial charge in [-0.3, -0.25) is 14.4 Å². The van der Waals surface area contributed by atoms with Crippen molar-refractivity contribution >= 4 is 17.8 Å². The van der Waals surface area contributed by atoms with E-state index in [0.717, 1.165) is 0 Å². The lowest BCUT2D eigenvalue weighted by Crippen LogP contribution is -2.40. The summed E-state index contributed by atoms with van der Waals surface area (Å²) >= 11 is 0. The van der Waals surface area contributed by atoms with Gasteiger partial charge in [-0.05, 0) is 6.42 Å². The van der Waals surface area contributed by atoms with E-state index < -0.39 is 24.1 Å². The van der Waals surface area contributed by atoms with Crippen molar-refractivity contribution in [2.45, 2.75) is 38.5 Å². The number of fused-ring (bicyclic) bond motifs is 1. The summed E-state index contributed by atoms with van der Waals surface area (Å²) in [7, 11) is 0. The highest BCUT2D eigenvalue weighted by molar-refractivity contribution is 5.87. The summed E-state index contributed by atoms with van der Waals surface area (Å²) < 4.78 is 10.1. The molecule has 6 heteroatoms. The molecule has 1 amide bonds. The summed E-state index contributed by atoms with van der Waals surface area (Å²) in [5, 5.41) is 0. The van der Waals surface area contributed by atoms with E-state index in [2.05, 4.69) is 0 Å². The van der Waals surface area contributed by atoms with Crippen molar-refractivity contribution in [3.63, 3.8) is 0 Å². The van der Waals surface area contributed by atoms with E-state index in [1.807, 2.05) is 12.2 Å². The molecule has 0 unspecified atom stereocenters. The molecule has 0 spiro atoms. The second kappa shape index (κ2) is 4.80. The molecule has 3 atom stereocenters. The van der Waals surface area contributed by atoms with Crippen LogP contribution in [0.25, 0.3) is 0 Å². The topological polar surface area (TPSA) is 72.9 Å². The van der Waals surface area contributed by atoms with Crippen LogP contribution in [0.15, 0.2) is 12.2 Å². The van der Waals surface area contributed by atoms with Gasteiger partial charge in [0.15, 0.2) is 6.10 Å². The average molecular weight is 253 g/mol. The van der Waals surface area contributed by atoms with E-state index in [-0.39, 0.29) is 11.9 Å². The number of carbonyl (C=O) groups excluding carboxylic acids is 3. The van der Waals surface area contributed by atoms with Gasteiger partial charge in [0.1, 0.15) is 0 Å². The van der Waals surface area contributed by atoms with E-state index in [9.17, 15) is 14.4 Å². The van der Waals surface area contributed by atoms with Crippen LogP contribution in [0.5, 0.6) is 0 Å². The van der Waals surface area contributed by atoms with Gasteiger partial charge in [-0.15, -0.1) is 0 Å². The van der Waals surface area contributed by atoms with Crippen LogP contribution in [0.2, 0.25) is 0 Å². The van der Waals surface area contributed by atoms with Gasteiger partial charge in [-0.2, -0.15) is 0 Å². The van der Waals surface area contributed by atoms with Gasteiger partial charge < -0.3 is 14.4 Å². The van der Waals surface area contributed by atoms with Gasteiger partial charge >= 0.3 is 11.9 Å². The van der Waals surface area contributed by atoms with Crippen molar-refractivity contribution in [3.05, 3.63) is 12.2 Å². The van der Waals surface area contributed by atoms with Gasteiger partial charge in [0.2, 0.25) is 6.10 Å². The lowest BCUT2D eigenvalue weighted by atomic mass is 10.0. The molecule has 0 aliphatic carbocycles. The summed E-state index contributed by atoms with van der Waals surface area (Å²) in [6.07, 6.45) is 2.66. The monoisotopic (exact) mass is 253 g/mol. The molecule has 2 aliphatic heterocycles. The fraction of sp³-hybridized carbons (Fsp3) is 0.583. The van der Waals surface area contributed by atoms with E-state index in [1.165, 1.54) is 13.8 Å². The first-order valence-corrected chi connectivity index (χ1v) is 5.80. The van der Waals surface area contributed by atoms with Crippen molar-refractivity contribution in [2.24, 2.45) is 0 Å². The van der Waals surface area contributed by atoms with E-state index in [0.29, 0.717) is 13.0 Å². The van der Waals surface area contributed by atoms with Crippen LogP contribution in [0.3, 0.4) is 0 Å². The Morgan fingerprint density at radius 2 is 1.89 bits per heavy atom. The van der Waals surface area contributed by atoms with Gasteiger partial charge in [0, 0.05) is 20.4 Å². The highest BCUT2D eigenvalue weighted by atomic mass is 16.6. The SMILES string of the molecule is CC(=O)O[C@@H]1[C@@H](OC(C)=O)C(=O)N2CC=CC[C@@H]12. The number of esters is 2. The second-order valence-corrected chi connectivity index (χ2v) is 4.37. The Kier molecular flexibility index (Phi) is 3.36. The molecule has 0 aromatic rings. The molecule has 98 valence electrons. The minimum Gasteiger partial charge on any atom is -0.456 e. The van der Waals surface area contributed by atoms with Crippen LogP contribution in [-0.2, 0) is 23.9 Å². The predicted molar refractivity (Wildman–Crippen MR) is 60.4 cm³/mol. The summed E-state index contributed by atoms with van der Waals surface area (Å²) in [6, 6.07) is -0.240. The van der Waals surface area contributed by atoms with E-state index in [1.54, 1.807) is 4.90 Å². The van der Waals surface area contributed by atoms with Crippen LogP contribution in [0.1, 0.15) is 20.3 Å². The third-order valence-corrected chi connectivity index (χ3v) is 3.05. The van der Waals surface area contributed by atoms with Crippen molar-refractivity contribution in [3.8, 4) is 0 Å². The molecule has 0 aromatic carbocycles. The number of carbonyl (C=O) groups is 3. The van der Waals surface area contributed by atoms with Gasteiger partial charge in [0.05, 0.1) is 6.04 Å². The number of hydrogen-bond acceptors (Lipinski definition) is 5. The smallest absolute Gasteiger partial charge is 0.303 e. The number of amides is 1. The highest BCUT2D eigenvalue weighted by Gasteiger charge is 2.52. The zero-order chi connectivity index (χ0) is 13.3. The van der Waals surface area contributed by atoms with Crippen molar-refractivity contribution in [1.82, 2.24) is 4.90 Å². The van der Waals surface area contributed by atoms with E-state index >= 15 is 0 Å². The first kappa shape index (κ1) is 12.6. The second-order valence-electron chi connectivity index (χ2n) is 4.37. The number of nitrogens with zero attached hydrogens (tertiary/aromatic N) is 1. The van der Waals surface area contributed by atoms with Gasteiger partial charge in [-0.25, -0.2) is 0 Å². The fourth-order valence-electron chi connectivity index (χ4n) is 2.39. The number of ether oxygens (including phenoxy) is 2. The first-order chi connectivity index (χ1) is 8.50. The predicted octanol–water partition coefficient (Wildman–Crippen LogP) is 0.0205. The Bertz CT molecular complexity index is 417. The normalized spacial score (nSPS) is 30.0. The third kappa shape index (κ3) is 2.23. The van der Waals surface area contributed by atoms with Crippen LogP contribution in [0.4, 0.5) is 0 Å². The Morgan fingerprint density at radius 3 is 2.50 bits per heavy atom. The molecule has 1 fully saturated rings. The molecular weight excluding hydrogens is 238 g/mol. The molecule has 0 saturated carbocycles. The molecule has 18 heavy (non-hydrogen) atoms. The van der Waals surface area contributed by atoms with E-state index in [4.69, 9.17) is 9.47 Å². The van der Waals surface area contributed by atoms with Crippen LogP contribution < -0.4 is 0 Å². The molecular formula is C12H15NO5. The fourth-order valence-corrected chi connectivity index (χ4v) is 2.39. The molecule has 2 aliphatic rings. The first-order valence-electron chi connectivity index (χ1n) is 5.80. The lowest BCUT2D eigenvalue weighted by Gasteiger charge is -2.28. The Labute approximate surface area is 105 Å². The Morgan fingerprint density at radius 1 is 1.22 bits per heavy atom. The zero-order valence-corrected chi connectivity index (χ0v) is 10.3. The van der Waals surface area contributed by atoms with Gasteiger partial charge in [0.25, 0.3) is 5.91 Å². The zero-order valence-electron chi connectivity index (χ0n) is 10.3. The lowest BCUT2D eigenvalue weighted by molar-refractivity contribution is -0.165. The van der Waals surface area contributed by atoms with Crippen LogP contribution in [-0.4, -0.2) is 47.5 Å². The highest BCUT2D eigenvalue weighted by Crippen LogP contribution is 2.30. The third-order valence-electron chi connectivity index (χ3n) is 3.05. The molecule has 2 heterocycles. The van der Waals surface area contributed by atoms with Gasteiger partial charge in [-0.1, -0.05) is 12.2 Å². The maximum Gasteiger partial charge on any atom is 0.303 e. The number of hydrogen-bond donors (Lipinski definition) is 0. The minimum absolute atomic E-state index is 0.240. The summed E-state index contributed by atoms with van der Waals surface area (Å²) in [4.78, 5) is 35.8. The molecule has 6 nitrogen and oxygen atoms in total. The molecule has 0 aromatic heterocycles. The summed E-state index contributed by atoms with van der Waals surface area (Å²) in [5.41, 5.74) is 0. The molecule has 0 bridgehead atoms. The quantitative estimate of drug-likeness (QED) is 0.512. The van der Waals surface area contributed by atoms with Crippen molar-refractivity contribution in [2.75, 3.05) is 6.54 Å². The molecule has 1 saturated heterocycles. The summed E-state index contributed by atoms with van der Waals surface area (Å²) in [5.74, 6) is -1.34. The van der Waals surface area contributed by atoms with Crippen LogP contribution in [0, 0.1) is 0 Å². The van der Waals surface area contributed by atoms with Crippen molar-refractivity contribution < 1.29 is 23.9 Å². The summed E-state index contributed by atoms with van der Waals surface area (Å²) in [6.45, 7) is 2.96. The molecule has 0 radical (unpaired) electrons. The van der Waals surface area contributed by atoms with Crippen LogP contribution >= 0.6 is 0 Å². The standard InChI is InChI=1S/C12H15NO5/c1-7(14)17-10-9-5-3-4-6-13(9)12(16)11(10)18-8(2)15/h3-4,9-11H,5-6H2,1-2H3/t9-,10-,11+/m0/s1. The largest absolute Gasteiger partial charge is 0.456 e. The minimum atomic E-state index is -1.02. The average Bonchev–Trinajstić information content (AvgIpc) is 2.54. The Hall–Kier alpha value is -1.85. The maximum atomic E-state index is 12.1. The maximum absolute atomic E-state index is 12.1. The number of rotatable bonds is 2.